The van der Waals surface area contributed by atoms with Crippen LogP contribution in [-0.2, 0) is 0 Å². The number of H-pyrrole nitrogens is 1. The number of carbonyl (C=O) groups excluding carboxylic acids is 2. The van der Waals surface area contributed by atoms with E-state index in [2.05, 4.69) is 16.0 Å². The Balaban J connectivity index is 1.36. The van der Waals surface area contributed by atoms with Crippen molar-refractivity contribution in [1.29, 1.82) is 0 Å². The van der Waals surface area contributed by atoms with Crippen LogP contribution in [0.4, 0.5) is 5.69 Å². The number of benzene rings is 2. The predicted octanol–water partition coefficient (Wildman–Crippen LogP) is 4.22. The second-order valence-electron chi connectivity index (χ2n) is 8.24. The number of fused-ring (bicyclic) bond motifs is 3. The van der Waals surface area contributed by atoms with E-state index in [0.717, 1.165) is 39.9 Å². The molecule has 0 bridgehead atoms. The summed E-state index contributed by atoms with van der Waals surface area (Å²) in [5, 5.41) is 1.54. The van der Waals surface area contributed by atoms with E-state index in [0.29, 0.717) is 28.9 Å². The summed E-state index contributed by atoms with van der Waals surface area (Å²) in [6.07, 6.45) is 0. The standard InChI is InChI=1S/C25H23N3O3S/c1-15-3-8-21-19(13-15)23-20(24(30)26-21)14-22(32-23)25(31)28-11-9-27(10-12-28)18-6-4-17(5-7-18)16(2)29/h3-8,13-14H,9-12H2,1-2H3,(H,26,30). The molecule has 1 fully saturated rings. The van der Waals surface area contributed by atoms with Gasteiger partial charge in [-0.3, -0.25) is 14.4 Å². The number of piperazine rings is 1. The lowest BCUT2D eigenvalue weighted by atomic mass is 10.1. The first-order valence-electron chi connectivity index (χ1n) is 10.6. The zero-order chi connectivity index (χ0) is 22.4. The topological polar surface area (TPSA) is 73.5 Å². The first kappa shape index (κ1) is 20.5. The van der Waals surface area contributed by atoms with Crippen LogP contribution in [0.1, 0.15) is 32.5 Å². The van der Waals surface area contributed by atoms with E-state index in [1.54, 1.807) is 13.0 Å². The Bertz CT molecular complexity index is 1410. The second-order valence-corrected chi connectivity index (χ2v) is 9.29. The minimum absolute atomic E-state index is 0.0296. The number of aromatic amines is 1. The van der Waals surface area contributed by atoms with E-state index in [1.807, 2.05) is 48.2 Å². The zero-order valence-corrected chi connectivity index (χ0v) is 18.8. The first-order chi connectivity index (χ1) is 15.4. The van der Waals surface area contributed by atoms with E-state index in [4.69, 9.17) is 0 Å². The minimum Gasteiger partial charge on any atom is -0.368 e. The number of Topliss-reactive ketones (excluding diaryl/α,β-unsaturated/α-hetero) is 1. The average Bonchev–Trinajstić information content (AvgIpc) is 3.26. The highest BCUT2D eigenvalue weighted by Gasteiger charge is 2.24. The van der Waals surface area contributed by atoms with Crippen molar-refractivity contribution in [3.8, 4) is 0 Å². The van der Waals surface area contributed by atoms with E-state index in [-0.39, 0.29) is 17.2 Å². The molecule has 0 saturated carbocycles. The molecule has 1 saturated heterocycles. The van der Waals surface area contributed by atoms with Crippen LogP contribution in [0.15, 0.2) is 53.3 Å². The maximum Gasteiger partial charge on any atom is 0.264 e. The monoisotopic (exact) mass is 445 g/mol. The van der Waals surface area contributed by atoms with Gasteiger partial charge in [0.1, 0.15) is 0 Å². The molecule has 0 aliphatic carbocycles. The number of nitrogens with one attached hydrogen (secondary N) is 1. The summed E-state index contributed by atoms with van der Waals surface area (Å²) in [6, 6.07) is 15.3. The second kappa shape index (κ2) is 7.91. The summed E-state index contributed by atoms with van der Waals surface area (Å²) in [5.41, 5.74) is 3.49. The Morgan fingerprint density at radius 1 is 0.938 bits per heavy atom. The number of rotatable bonds is 3. The molecule has 5 rings (SSSR count). The maximum atomic E-state index is 13.2. The summed E-state index contributed by atoms with van der Waals surface area (Å²) in [7, 11) is 0. The average molecular weight is 446 g/mol. The Labute approximate surface area is 189 Å². The number of aromatic nitrogens is 1. The molecular weight excluding hydrogens is 422 g/mol. The number of carbonyl (C=O) groups is 2. The normalized spacial score (nSPS) is 14.3. The highest BCUT2D eigenvalue weighted by atomic mass is 32.1. The molecule has 3 heterocycles. The predicted molar refractivity (Wildman–Crippen MR) is 129 cm³/mol. The summed E-state index contributed by atoms with van der Waals surface area (Å²) >= 11 is 1.40. The summed E-state index contributed by atoms with van der Waals surface area (Å²) in [6.45, 7) is 6.24. The smallest absolute Gasteiger partial charge is 0.264 e. The maximum absolute atomic E-state index is 13.2. The molecule has 162 valence electrons. The molecule has 0 spiro atoms. The van der Waals surface area contributed by atoms with Gasteiger partial charge < -0.3 is 14.8 Å². The quantitative estimate of drug-likeness (QED) is 0.479. The first-order valence-corrected chi connectivity index (χ1v) is 11.4. The Morgan fingerprint density at radius 3 is 2.34 bits per heavy atom. The molecule has 0 atom stereocenters. The van der Waals surface area contributed by atoms with Gasteiger partial charge in [-0.2, -0.15) is 0 Å². The fourth-order valence-corrected chi connectivity index (χ4v) is 5.39. The molecule has 1 aliphatic heterocycles. The lowest BCUT2D eigenvalue weighted by Gasteiger charge is -2.36. The number of hydrogen-bond acceptors (Lipinski definition) is 5. The third-order valence-electron chi connectivity index (χ3n) is 6.06. The lowest BCUT2D eigenvalue weighted by Crippen LogP contribution is -2.48. The van der Waals surface area contributed by atoms with Gasteiger partial charge >= 0.3 is 0 Å². The highest BCUT2D eigenvalue weighted by Crippen LogP contribution is 2.31. The SMILES string of the molecule is CC(=O)c1ccc(N2CCN(C(=O)c3cc4c(=O)[nH]c5ccc(C)cc5c4s3)CC2)cc1. The number of pyridine rings is 1. The van der Waals surface area contributed by atoms with Gasteiger partial charge in [-0.1, -0.05) is 11.6 Å². The molecule has 7 heteroatoms. The van der Waals surface area contributed by atoms with Gasteiger partial charge in [0.2, 0.25) is 0 Å². The number of nitrogens with zero attached hydrogens (tertiary/aromatic N) is 2. The van der Waals surface area contributed by atoms with Crippen LogP contribution >= 0.6 is 11.3 Å². The van der Waals surface area contributed by atoms with E-state index >= 15 is 0 Å². The van der Waals surface area contributed by atoms with Gasteiger partial charge in [0.15, 0.2) is 5.78 Å². The van der Waals surface area contributed by atoms with Crippen LogP contribution < -0.4 is 10.5 Å². The van der Waals surface area contributed by atoms with E-state index in [1.165, 1.54) is 11.3 Å². The third kappa shape index (κ3) is 3.58. The van der Waals surface area contributed by atoms with Crippen molar-refractivity contribution >= 4 is 49.7 Å². The van der Waals surface area contributed by atoms with Gasteiger partial charge in [0.25, 0.3) is 11.5 Å². The number of anilines is 1. The molecule has 1 amide bonds. The Hall–Kier alpha value is -3.45. The lowest BCUT2D eigenvalue weighted by molar-refractivity contribution is 0.0751. The van der Waals surface area contributed by atoms with Crippen LogP contribution in [0.5, 0.6) is 0 Å². The van der Waals surface area contributed by atoms with Crippen LogP contribution in [0.2, 0.25) is 0 Å². The number of ketones is 1. The molecule has 4 aromatic rings. The molecule has 1 aliphatic rings. The summed E-state index contributed by atoms with van der Waals surface area (Å²) in [4.78, 5) is 44.8. The number of aryl methyl sites for hydroxylation is 1. The fourth-order valence-electron chi connectivity index (χ4n) is 4.24. The van der Waals surface area contributed by atoms with Crippen molar-refractivity contribution in [2.75, 3.05) is 31.1 Å². The molecule has 6 nitrogen and oxygen atoms in total. The largest absolute Gasteiger partial charge is 0.368 e. The number of amides is 1. The van der Waals surface area contributed by atoms with Gasteiger partial charge in [-0.15, -0.1) is 11.3 Å². The molecule has 0 unspecified atom stereocenters. The molecule has 0 radical (unpaired) electrons. The van der Waals surface area contributed by atoms with E-state index in [9.17, 15) is 14.4 Å². The Kier molecular flexibility index (Phi) is 5.06. The van der Waals surface area contributed by atoms with Crippen molar-refractivity contribution in [2.24, 2.45) is 0 Å². The van der Waals surface area contributed by atoms with Gasteiger partial charge in [-0.05, 0) is 56.3 Å². The fraction of sp³-hybridized carbons (Fsp3) is 0.240. The van der Waals surface area contributed by atoms with Gasteiger partial charge in [0.05, 0.1) is 10.3 Å². The van der Waals surface area contributed by atoms with Crippen LogP contribution in [0.25, 0.3) is 21.0 Å². The van der Waals surface area contributed by atoms with Crippen molar-refractivity contribution in [3.63, 3.8) is 0 Å². The minimum atomic E-state index is -0.162. The van der Waals surface area contributed by atoms with Crippen molar-refractivity contribution in [3.05, 3.63) is 74.9 Å². The molecule has 32 heavy (non-hydrogen) atoms. The van der Waals surface area contributed by atoms with Crippen LogP contribution in [0.3, 0.4) is 0 Å². The highest BCUT2D eigenvalue weighted by molar-refractivity contribution is 7.21. The van der Waals surface area contributed by atoms with Crippen molar-refractivity contribution in [2.45, 2.75) is 13.8 Å². The van der Waals surface area contributed by atoms with Crippen LogP contribution in [0, 0.1) is 6.92 Å². The Morgan fingerprint density at radius 2 is 1.66 bits per heavy atom. The van der Waals surface area contributed by atoms with Crippen molar-refractivity contribution < 1.29 is 9.59 Å². The van der Waals surface area contributed by atoms with Gasteiger partial charge in [-0.25, -0.2) is 0 Å². The number of thiophene rings is 1. The summed E-state index contributed by atoms with van der Waals surface area (Å²) < 4.78 is 0.861. The molecular formula is C25H23N3O3S. The number of hydrogen-bond donors (Lipinski definition) is 1. The molecule has 1 N–H and O–H groups in total. The zero-order valence-electron chi connectivity index (χ0n) is 18.0. The van der Waals surface area contributed by atoms with Crippen molar-refractivity contribution in [1.82, 2.24) is 9.88 Å². The van der Waals surface area contributed by atoms with Crippen LogP contribution in [-0.4, -0.2) is 47.8 Å². The van der Waals surface area contributed by atoms with Gasteiger partial charge in [0, 0.05) is 53.0 Å². The molecule has 2 aromatic heterocycles. The summed E-state index contributed by atoms with van der Waals surface area (Å²) in [5.74, 6) is 0.0232. The van der Waals surface area contributed by atoms with E-state index < -0.39 is 0 Å². The third-order valence-corrected chi connectivity index (χ3v) is 7.22. The molecule has 2 aromatic carbocycles.